The molecule has 0 aliphatic carbocycles. The molecule has 0 unspecified atom stereocenters. The second-order valence-electron chi connectivity index (χ2n) is 5.68. The number of aromatic nitrogens is 2. The Morgan fingerprint density at radius 1 is 1.24 bits per heavy atom. The SMILES string of the molecule is CC(C)(C)c1nc(N)cc(Nc2cc(C#N)ccc2Cl)n1. The Bertz CT molecular complexity index is 713. The molecule has 0 radical (unpaired) electrons. The fourth-order valence-electron chi connectivity index (χ4n) is 1.69. The summed E-state index contributed by atoms with van der Waals surface area (Å²) in [6, 6.07) is 8.68. The van der Waals surface area contributed by atoms with Crippen LogP contribution in [0, 0.1) is 11.3 Å². The highest BCUT2D eigenvalue weighted by Gasteiger charge is 2.19. The van der Waals surface area contributed by atoms with E-state index in [0.29, 0.717) is 33.7 Å². The average molecular weight is 302 g/mol. The van der Waals surface area contributed by atoms with Crippen LogP contribution in [0.2, 0.25) is 5.02 Å². The van der Waals surface area contributed by atoms with Gasteiger partial charge >= 0.3 is 0 Å². The van der Waals surface area contributed by atoms with E-state index >= 15 is 0 Å². The zero-order valence-electron chi connectivity index (χ0n) is 12.1. The molecule has 0 spiro atoms. The van der Waals surface area contributed by atoms with Gasteiger partial charge in [-0.2, -0.15) is 5.26 Å². The van der Waals surface area contributed by atoms with Crippen molar-refractivity contribution in [2.24, 2.45) is 0 Å². The molecular formula is C15H16ClN5. The van der Waals surface area contributed by atoms with Gasteiger partial charge in [0.05, 0.1) is 22.3 Å². The highest BCUT2D eigenvalue weighted by Crippen LogP contribution is 2.27. The number of hydrogen-bond donors (Lipinski definition) is 2. The third-order valence-corrected chi connectivity index (χ3v) is 3.10. The van der Waals surface area contributed by atoms with Crippen molar-refractivity contribution >= 4 is 28.9 Å². The van der Waals surface area contributed by atoms with Crippen LogP contribution in [0.4, 0.5) is 17.3 Å². The number of halogens is 1. The van der Waals surface area contributed by atoms with Crippen molar-refractivity contribution in [1.29, 1.82) is 5.26 Å². The Morgan fingerprint density at radius 2 is 1.95 bits per heavy atom. The number of benzene rings is 1. The number of nitrogens with zero attached hydrogens (tertiary/aromatic N) is 3. The maximum Gasteiger partial charge on any atom is 0.138 e. The maximum atomic E-state index is 8.95. The molecule has 0 saturated heterocycles. The lowest BCUT2D eigenvalue weighted by molar-refractivity contribution is 0.547. The first-order valence-corrected chi connectivity index (χ1v) is 6.79. The molecule has 108 valence electrons. The van der Waals surface area contributed by atoms with Gasteiger partial charge in [0.25, 0.3) is 0 Å². The van der Waals surface area contributed by atoms with Crippen molar-refractivity contribution in [2.45, 2.75) is 26.2 Å². The van der Waals surface area contributed by atoms with Gasteiger partial charge in [0.2, 0.25) is 0 Å². The van der Waals surface area contributed by atoms with Crippen molar-refractivity contribution in [3.8, 4) is 6.07 Å². The van der Waals surface area contributed by atoms with Crippen molar-refractivity contribution in [3.63, 3.8) is 0 Å². The largest absolute Gasteiger partial charge is 0.384 e. The fourth-order valence-corrected chi connectivity index (χ4v) is 1.86. The number of nitrogens with two attached hydrogens (primary N) is 1. The van der Waals surface area contributed by atoms with Crippen molar-refractivity contribution in [3.05, 3.63) is 40.7 Å². The molecule has 0 amide bonds. The van der Waals surface area contributed by atoms with Gasteiger partial charge in [-0.1, -0.05) is 32.4 Å². The lowest BCUT2D eigenvalue weighted by atomic mass is 9.96. The van der Waals surface area contributed by atoms with Crippen LogP contribution in [-0.4, -0.2) is 9.97 Å². The van der Waals surface area contributed by atoms with Gasteiger partial charge in [0, 0.05) is 11.5 Å². The van der Waals surface area contributed by atoms with Crippen molar-refractivity contribution in [2.75, 3.05) is 11.1 Å². The number of anilines is 3. The summed E-state index contributed by atoms with van der Waals surface area (Å²) in [4.78, 5) is 8.70. The molecule has 21 heavy (non-hydrogen) atoms. The smallest absolute Gasteiger partial charge is 0.138 e. The molecule has 1 heterocycles. The topological polar surface area (TPSA) is 87.6 Å². The molecule has 3 N–H and O–H groups in total. The minimum atomic E-state index is -0.218. The van der Waals surface area contributed by atoms with Gasteiger partial charge in [-0.15, -0.1) is 0 Å². The molecule has 6 heteroatoms. The van der Waals surface area contributed by atoms with Crippen LogP contribution in [0.25, 0.3) is 0 Å². The summed E-state index contributed by atoms with van der Waals surface area (Å²) in [6.07, 6.45) is 0. The van der Waals surface area contributed by atoms with E-state index in [4.69, 9.17) is 22.6 Å². The molecule has 5 nitrogen and oxygen atoms in total. The van der Waals surface area contributed by atoms with Gasteiger partial charge in [-0.3, -0.25) is 0 Å². The molecule has 2 rings (SSSR count). The lowest BCUT2D eigenvalue weighted by Crippen LogP contribution is -2.17. The summed E-state index contributed by atoms with van der Waals surface area (Å²) in [5, 5.41) is 12.5. The van der Waals surface area contributed by atoms with Gasteiger partial charge < -0.3 is 11.1 Å². The van der Waals surface area contributed by atoms with Crippen LogP contribution in [-0.2, 0) is 5.41 Å². The Labute approximate surface area is 128 Å². The number of rotatable bonds is 2. The lowest BCUT2D eigenvalue weighted by Gasteiger charge is -2.18. The minimum Gasteiger partial charge on any atom is -0.384 e. The van der Waals surface area contributed by atoms with Gasteiger partial charge in [0.1, 0.15) is 17.5 Å². The normalized spacial score (nSPS) is 11.0. The Morgan fingerprint density at radius 3 is 2.57 bits per heavy atom. The predicted molar refractivity (Wildman–Crippen MR) is 84.6 cm³/mol. The first-order valence-electron chi connectivity index (χ1n) is 6.41. The first kappa shape index (κ1) is 15.1. The molecule has 0 aliphatic heterocycles. The fraction of sp³-hybridized carbons (Fsp3) is 0.267. The van der Waals surface area contributed by atoms with Gasteiger partial charge in [0.15, 0.2) is 0 Å². The van der Waals surface area contributed by atoms with Crippen LogP contribution < -0.4 is 11.1 Å². The number of nitrogens with one attached hydrogen (secondary N) is 1. The summed E-state index contributed by atoms with van der Waals surface area (Å²) in [6.45, 7) is 6.03. The first-order chi connectivity index (χ1) is 9.79. The third kappa shape index (κ3) is 3.61. The summed E-state index contributed by atoms with van der Waals surface area (Å²) in [7, 11) is 0. The monoisotopic (exact) mass is 301 g/mol. The van der Waals surface area contributed by atoms with E-state index in [0.717, 1.165) is 0 Å². The van der Waals surface area contributed by atoms with Crippen LogP contribution in [0.5, 0.6) is 0 Å². The quantitative estimate of drug-likeness (QED) is 0.884. The van der Waals surface area contributed by atoms with Gasteiger partial charge in [-0.25, -0.2) is 9.97 Å². The zero-order chi connectivity index (χ0) is 15.6. The number of nitrogen functional groups attached to an aromatic ring is 1. The third-order valence-electron chi connectivity index (χ3n) is 2.77. The van der Waals surface area contributed by atoms with E-state index in [9.17, 15) is 0 Å². The molecule has 1 aromatic heterocycles. The Kier molecular flexibility index (Phi) is 4.01. The van der Waals surface area contributed by atoms with E-state index in [2.05, 4.69) is 21.4 Å². The van der Waals surface area contributed by atoms with Crippen LogP contribution >= 0.6 is 11.6 Å². The minimum absolute atomic E-state index is 0.218. The summed E-state index contributed by atoms with van der Waals surface area (Å²) < 4.78 is 0. The molecular weight excluding hydrogens is 286 g/mol. The molecule has 0 bridgehead atoms. The van der Waals surface area contributed by atoms with Crippen molar-refractivity contribution in [1.82, 2.24) is 9.97 Å². The zero-order valence-corrected chi connectivity index (χ0v) is 12.9. The summed E-state index contributed by atoms with van der Waals surface area (Å²) in [5.74, 6) is 1.56. The van der Waals surface area contributed by atoms with Crippen LogP contribution in [0.3, 0.4) is 0 Å². The van der Waals surface area contributed by atoms with E-state index in [1.54, 1.807) is 24.3 Å². The summed E-state index contributed by atoms with van der Waals surface area (Å²) >= 11 is 6.13. The number of hydrogen-bond acceptors (Lipinski definition) is 5. The molecule has 1 aromatic carbocycles. The molecule has 0 atom stereocenters. The standard InChI is InChI=1S/C15H16ClN5/c1-15(2,3)14-20-12(18)7-13(21-14)19-11-6-9(8-17)4-5-10(11)16/h4-7H,1-3H3,(H3,18,19,20,21). The maximum absolute atomic E-state index is 8.95. The highest BCUT2D eigenvalue weighted by molar-refractivity contribution is 6.33. The molecule has 0 fully saturated rings. The molecule has 0 aliphatic rings. The Hall–Kier alpha value is -2.32. The average Bonchev–Trinajstić information content (AvgIpc) is 2.39. The van der Waals surface area contributed by atoms with E-state index in [1.807, 2.05) is 20.8 Å². The predicted octanol–water partition coefficient (Wildman–Crippen LogP) is 3.62. The highest BCUT2D eigenvalue weighted by atomic mass is 35.5. The number of nitriles is 1. The van der Waals surface area contributed by atoms with E-state index < -0.39 is 0 Å². The van der Waals surface area contributed by atoms with Crippen LogP contribution in [0.1, 0.15) is 32.2 Å². The second kappa shape index (κ2) is 5.58. The van der Waals surface area contributed by atoms with E-state index in [-0.39, 0.29) is 5.41 Å². The molecule has 0 saturated carbocycles. The van der Waals surface area contributed by atoms with Crippen molar-refractivity contribution < 1.29 is 0 Å². The van der Waals surface area contributed by atoms with Gasteiger partial charge in [-0.05, 0) is 18.2 Å². The van der Waals surface area contributed by atoms with Crippen LogP contribution in [0.15, 0.2) is 24.3 Å². The Balaban J connectivity index is 2.41. The second-order valence-corrected chi connectivity index (χ2v) is 6.09. The summed E-state index contributed by atoms with van der Waals surface area (Å²) in [5.41, 5.74) is 6.73. The van der Waals surface area contributed by atoms with E-state index in [1.165, 1.54) is 0 Å². The molecule has 2 aromatic rings.